The number of halogens is 1. The number of hydrogen-bond acceptors (Lipinski definition) is 4. The molecule has 0 saturated heterocycles. The van der Waals surface area contributed by atoms with E-state index in [2.05, 4.69) is 10.4 Å². The van der Waals surface area contributed by atoms with E-state index in [1.807, 2.05) is 6.92 Å². The second-order valence-electron chi connectivity index (χ2n) is 3.11. The normalized spacial score (nSPS) is 10.1. The predicted octanol–water partition coefficient (Wildman–Crippen LogP) is 0.971. The van der Waals surface area contributed by atoms with E-state index in [0.717, 1.165) is 11.1 Å². The van der Waals surface area contributed by atoms with E-state index >= 15 is 0 Å². The highest BCUT2D eigenvalue weighted by Crippen LogP contribution is 2.20. The lowest BCUT2D eigenvalue weighted by atomic mass is 10.4. The average molecular weight is 247 g/mol. The van der Waals surface area contributed by atoms with Crippen LogP contribution in [0.1, 0.15) is 13.3 Å². The van der Waals surface area contributed by atoms with Gasteiger partial charge in [-0.05, 0) is 11.3 Å². The van der Waals surface area contributed by atoms with Crippen molar-refractivity contribution < 1.29 is 9.72 Å². The van der Waals surface area contributed by atoms with E-state index in [4.69, 9.17) is 11.6 Å². The molecular formula is C8H11ClN4O3. The van der Waals surface area contributed by atoms with Gasteiger partial charge in [0.15, 0.2) is 5.02 Å². The SMILES string of the molecule is CCCNC(=O)Cn1cc(Cl)c([N+](=O)[O-])n1. The number of carbonyl (C=O) groups excluding carboxylic acids is 1. The molecule has 0 fully saturated rings. The van der Waals surface area contributed by atoms with Gasteiger partial charge in [-0.15, -0.1) is 0 Å². The lowest BCUT2D eigenvalue weighted by Gasteiger charge is -2.00. The summed E-state index contributed by atoms with van der Waals surface area (Å²) < 4.78 is 1.14. The number of amides is 1. The molecule has 1 aromatic rings. The Balaban J connectivity index is 2.64. The Labute approximate surface area is 96.5 Å². The molecule has 1 amide bonds. The zero-order valence-electron chi connectivity index (χ0n) is 8.64. The van der Waals surface area contributed by atoms with Gasteiger partial charge in [0.05, 0.1) is 11.3 Å². The van der Waals surface area contributed by atoms with Crippen molar-refractivity contribution in [3.63, 3.8) is 0 Å². The largest absolute Gasteiger partial charge is 0.408 e. The molecule has 7 nitrogen and oxygen atoms in total. The Bertz CT molecular complexity index is 404. The van der Waals surface area contributed by atoms with Crippen molar-refractivity contribution in [3.8, 4) is 0 Å². The maximum Gasteiger partial charge on any atom is 0.408 e. The molecule has 0 aliphatic heterocycles. The molecule has 88 valence electrons. The van der Waals surface area contributed by atoms with Gasteiger partial charge >= 0.3 is 5.82 Å². The molecule has 0 radical (unpaired) electrons. The third kappa shape index (κ3) is 3.20. The third-order valence-corrected chi connectivity index (χ3v) is 2.02. The van der Waals surface area contributed by atoms with Gasteiger partial charge in [0.25, 0.3) is 0 Å². The van der Waals surface area contributed by atoms with E-state index in [-0.39, 0.29) is 17.5 Å². The Hall–Kier alpha value is -1.63. The first kappa shape index (κ1) is 12.4. The van der Waals surface area contributed by atoms with Gasteiger partial charge in [0, 0.05) is 6.54 Å². The minimum Gasteiger partial charge on any atom is -0.358 e. The highest BCUT2D eigenvalue weighted by atomic mass is 35.5. The lowest BCUT2D eigenvalue weighted by molar-refractivity contribution is -0.389. The van der Waals surface area contributed by atoms with E-state index in [9.17, 15) is 14.9 Å². The van der Waals surface area contributed by atoms with Gasteiger partial charge < -0.3 is 15.4 Å². The Kier molecular flexibility index (Phi) is 4.24. The van der Waals surface area contributed by atoms with E-state index < -0.39 is 10.7 Å². The third-order valence-electron chi connectivity index (χ3n) is 1.75. The molecule has 0 bridgehead atoms. The topological polar surface area (TPSA) is 90.1 Å². The molecule has 0 spiro atoms. The first-order chi connectivity index (χ1) is 7.54. The van der Waals surface area contributed by atoms with E-state index in [0.29, 0.717) is 6.54 Å². The summed E-state index contributed by atoms with van der Waals surface area (Å²) in [5.41, 5.74) is 0. The monoisotopic (exact) mass is 246 g/mol. The van der Waals surface area contributed by atoms with Crippen LogP contribution in [-0.2, 0) is 11.3 Å². The minimum absolute atomic E-state index is 0.0757. The Morgan fingerprint density at radius 3 is 2.94 bits per heavy atom. The number of nitro groups is 1. The molecule has 1 aromatic heterocycles. The van der Waals surface area contributed by atoms with E-state index in [1.165, 1.54) is 6.20 Å². The molecular weight excluding hydrogens is 236 g/mol. The number of nitrogens with one attached hydrogen (secondary N) is 1. The standard InChI is InChI=1S/C8H11ClN4O3/c1-2-3-10-7(14)5-12-4-6(9)8(11-12)13(15)16/h4H,2-3,5H2,1H3,(H,10,14). The summed E-state index contributed by atoms with van der Waals surface area (Å²) in [6, 6.07) is 0. The van der Waals surface area contributed by atoms with Crippen molar-refractivity contribution in [3.05, 3.63) is 21.3 Å². The van der Waals surface area contributed by atoms with Gasteiger partial charge in [-0.25, -0.2) is 0 Å². The maximum atomic E-state index is 11.3. The molecule has 0 atom stereocenters. The van der Waals surface area contributed by atoms with Crippen LogP contribution in [-0.4, -0.2) is 27.2 Å². The molecule has 0 unspecified atom stereocenters. The van der Waals surface area contributed by atoms with Crippen LogP contribution in [0, 0.1) is 10.1 Å². The van der Waals surface area contributed by atoms with Gasteiger partial charge in [-0.1, -0.05) is 18.5 Å². The van der Waals surface area contributed by atoms with Crippen LogP contribution in [0.3, 0.4) is 0 Å². The summed E-state index contributed by atoms with van der Waals surface area (Å²) in [5, 5.41) is 16.6. The summed E-state index contributed by atoms with van der Waals surface area (Å²) in [6.07, 6.45) is 2.08. The average Bonchev–Trinajstić information content (AvgIpc) is 2.56. The number of hydrogen-bond donors (Lipinski definition) is 1. The highest BCUT2D eigenvalue weighted by Gasteiger charge is 2.19. The summed E-state index contributed by atoms with van der Waals surface area (Å²) in [5.74, 6) is -0.694. The van der Waals surface area contributed by atoms with Crippen molar-refractivity contribution in [2.24, 2.45) is 0 Å². The minimum atomic E-state index is -0.692. The van der Waals surface area contributed by atoms with Gasteiger partial charge in [0.2, 0.25) is 5.91 Å². The summed E-state index contributed by atoms with van der Waals surface area (Å²) >= 11 is 5.57. The van der Waals surface area contributed by atoms with Gasteiger partial charge in [-0.2, -0.15) is 4.68 Å². The quantitative estimate of drug-likeness (QED) is 0.619. The van der Waals surface area contributed by atoms with Crippen LogP contribution in [0.5, 0.6) is 0 Å². The second-order valence-corrected chi connectivity index (χ2v) is 3.51. The number of rotatable bonds is 5. The van der Waals surface area contributed by atoms with Crippen LogP contribution in [0.25, 0.3) is 0 Å². The predicted molar refractivity (Wildman–Crippen MR) is 57.2 cm³/mol. The Morgan fingerprint density at radius 2 is 2.44 bits per heavy atom. The second kappa shape index (κ2) is 5.45. The molecule has 8 heteroatoms. The molecule has 1 heterocycles. The van der Waals surface area contributed by atoms with E-state index in [1.54, 1.807) is 0 Å². The van der Waals surface area contributed by atoms with Crippen molar-refractivity contribution in [2.45, 2.75) is 19.9 Å². The van der Waals surface area contributed by atoms with Crippen LogP contribution in [0.4, 0.5) is 5.82 Å². The fourth-order valence-corrected chi connectivity index (χ4v) is 1.28. The number of carbonyl (C=O) groups is 1. The molecule has 1 rings (SSSR count). The zero-order chi connectivity index (χ0) is 12.1. The summed E-state index contributed by atoms with van der Waals surface area (Å²) in [6.45, 7) is 2.42. The van der Waals surface area contributed by atoms with Crippen molar-refractivity contribution in [1.29, 1.82) is 0 Å². The highest BCUT2D eigenvalue weighted by molar-refractivity contribution is 6.32. The van der Waals surface area contributed by atoms with Gasteiger partial charge in [0.1, 0.15) is 6.54 Å². The molecule has 0 aliphatic rings. The fraction of sp³-hybridized carbons (Fsp3) is 0.500. The van der Waals surface area contributed by atoms with Crippen molar-refractivity contribution in [1.82, 2.24) is 15.1 Å². The van der Waals surface area contributed by atoms with Crippen LogP contribution in [0.2, 0.25) is 5.02 Å². The van der Waals surface area contributed by atoms with Crippen molar-refractivity contribution in [2.75, 3.05) is 6.54 Å². The fourth-order valence-electron chi connectivity index (χ4n) is 1.06. The molecule has 1 N–H and O–H groups in total. The molecule has 16 heavy (non-hydrogen) atoms. The number of nitrogens with zero attached hydrogens (tertiary/aromatic N) is 3. The molecule has 0 aromatic carbocycles. The van der Waals surface area contributed by atoms with Crippen LogP contribution < -0.4 is 5.32 Å². The lowest BCUT2D eigenvalue weighted by Crippen LogP contribution is -2.28. The summed E-state index contributed by atoms with van der Waals surface area (Å²) in [4.78, 5) is 21.0. The van der Waals surface area contributed by atoms with Crippen LogP contribution >= 0.6 is 11.6 Å². The molecule has 0 saturated carbocycles. The number of aromatic nitrogens is 2. The van der Waals surface area contributed by atoms with Crippen molar-refractivity contribution >= 4 is 23.3 Å². The molecule has 0 aliphatic carbocycles. The van der Waals surface area contributed by atoms with Gasteiger partial charge in [-0.3, -0.25) is 4.79 Å². The maximum absolute atomic E-state index is 11.3. The smallest absolute Gasteiger partial charge is 0.358 e. The zero-order valence-corrected chi connectivity index (χ0v) is 9.40. The first-order valence-electron chi connectivity index (χ1n) is 4.68. The van der Waals surface area contributed by atoms with Crippen LogP contribution in [0.15, 0.2) is 6.20 Å². The Morgan fingerprint density at radius 1 is 1.75 bits per heavy atom. The summed E-state index contributed by atoms with van der Waals surface area (Å²) in [7, 11) is 0. The first-order valence-corrected chi connectivity index (χ1v) is 5.06.